The third-order valence-corrected chi connectivity index (χ3v) is 2.72. The summed E-state index contributed by atoms with van der Waals surface area (Å²) in [5.74, 6) is 0.646. The zero-order chi connectivity index (χ0) is 11.5. The van der Waals surface area contributed by atoms with Crippen LogP contribution in [0.5, 0.6) is 0 Å². The Bertz CT molecular complexity index is 489. The predicted octanol–water partition coefficient (Wildman–Crippen LogP) is 2.80. The number of nitrogens with one attached hydrogen (secondary N) is 1. The Morgan fingerprint density at radius 3 is 2.19 bits per heavy atom. The maximum atomic E-state index is 4.20. The molecule has 3 nitrogen and oxygen atoms in total. The van der Waals surface area contributed by atoms with E-state index in [1.165, 1.54) is 11.1 Å². The van der Waals surface area contributed by atoms with Crippen LogP contribution in [0.1, 0.15) is 11.1 Å². The lowest BCUT2D eigenvalue weighted by Gasteiger charge is -2.05. The second-order valence-corrected chi connectivity index (χ2v) is 3.84. The summed E-state index contributed by atoms with van der Waals surface area (Å²) in [5.41, 5.74) is 4.79. The summed E-state index contributed by atoms with van der Waals surface area (Å²) >= 11 is 0. The quantitative estimate of drug-likeness (QED) is 0.833. The average molecular weight is 213 g/mol. The summed E-state index contributed by atoms with van der Waals surface area (Å²) in [4.78, 5) is 8.41. The van der Waals surface area contributed by atoms with E-state index in [0.29, 0.717) is 5.95 Å². The number of rotatable bonds is 2. The highest BCUT2D eigenvalue weighted by molar-refractivity contribution is 5.63. The average Bonchev–Trinajstić information content (AvgIpc) is 2.33. The largest absolute Gasteiger partial charge is 0.357 e. The third kappa shape index (κ3) is 2.03. The van der Waals surface area contributed by atoms with Crippen molar-refractivity contribution in [3.63, 3.8) is 0 Å². The summed E-state index contributed by atoms with van der Waals surface area (Å²) in [5, 5.41) is 2.90. The van der Waals surface area contributed by atoms with Gasteiger partial charge in [-0.3, -0.25) is 0 Å². The van der Waals surface area contributed by atoms with Crippen LogP contribution in [0.4, 0.5) is 5.95 Å². The number of aromatic nitrogens is 2. The molecule has 0 fully saturated rings. The van der Waals surface area contributed by atoms with Crippen molar-refractivity contribution in [2.75, 3.05) is 12.4 Å². The molecule has 0 atom stereocenters. The predicted molar refractivity (Wildman–Crippen MR) is 66.5 cm³/mol. The van der Waals surface area contributed by atoms with E-state index in [4.69, 9.17) is 0 Å². The van der Waals surface area contributed by atoms with E-state index in [1.807, 2.05) is 19.4 Å². The molecule has 0 radical (unpaired) electrons. The Morgan fingerprint density at radius 2 is 1.62 bits per heavy atom. The molecule has 1 aromatic heterocycles. The number of hydrogen-bond donors (Lipinski definition) is 1. The smallest absolute Gasteiger partial charge is 0.222 e. The van der Waals surface area contributed by atoms with Crippen LogP contribution in [0.2, 0.25) is 0 Å². The Hall–Kier alpha value is -1.90. The molecule has 0 aliphatic rings. The van der Waals surface area contributed by atoms with Crippen LogP contribution >= 0.6 is 0 Å². The van der Waals surface area contributed by atoms with Crippen molar-refractivity contribution in [1.82, 2.24) is 9.97 Å². The fraction of sp³-hybridized carbons (Fsp3) is 0.231. The summed E-state index contributed by atoms with van der Waals surface area (Å²) in [6.07, 6.45) is 3.67. The van der Waals surface area contributed by atoms with Gasteiger partial charge in [0.1, 0.15) is 0 Å². The van der Waals surface area contributed by atoms with Gasteiger partial charge in [0.25, 0.3) is 0 Å². The van der Waals surface area contributed by atoms with E-state index in [1.54, 1.807) is 0 Å². The second-order valence-electron chi connectivity index (χ2n) is 3.84. The molecule has 0 amide bonds. The molecule has 3 heteroatoms. The number of anilines is 1. The molecule has 16 heavy (non-hydrogen) atoms. The highest BCUT2D eigenvalue weighted by Crippen LogP contribution is 2.21. The van der Waals surface area contributed by atoms with E-state index in [2.05, 4.69) is 47.3 Å². The summed E-state index contributed by atoms with van der Waals surface area (Å²) in [7, 11) is 1.81. The van der Waals surface area contributed by atoms with Crippen molar-refractivity contribution in [2.45, 2.75) is 13.8 Å². The van der Waals surface area contributed by atoms with E-state index in [-0.39, 0.29) is 0 Å². The molecule has 82 valence electrons. The zero-order valence-corrected chi connectivity index (χ0v) is 9.78. The Labute approximate surface area is 95.6 Å². The molecule has 1 aromatic carbocycles. The second kappa shape index (κ2) is 4.31. The highest BCUT2D eigenvalue weighted by Gasteiger charge is 2.01. The lowest BCUT2D eigenvalue weighted by atomic mass is 10.0. The van der Waals surface area contributed by atoms with Gasteiger partial charge in [-0.1, -0.05) is 18.2 Å². The molecular weight excluding hydrogens is 198 g/mol. The molecule has 1 N–H and O–H groups in total. The van der Waals surface area contributed by atoms with Crippen LogP contribution in [0.3, 0.4) is 0 Å². The number of hydrogen-bond acceptors (Lipinski definition) is 3. The van der Waals surface area contributed by atoms with Crippen molar-refractivity contribution in [3.05, 3.63) is 41.7 Å². The van der Waals surface area contributed by atoms with E-state index in [0.717, 1.165) is 11.1 Å². The minimum absolute atomic E-state index is 0.646. The maximum Gasteiger partial charge on any atom is 0.222 e. The molecule has 2 rings (SSSR count). The van der Waals surface area contributed by atoms with E-state index in [9.17, 15) is 0 Å². The van der Waals surface area contributed by atoms with Gasteiger partial charge in [0, 0.05) is 25.0 Å². The topological polar surface area (TPSA) is 37.8 Å². The van der Waals surface area contributed by atoms with Gasteiger partial charge in [-0.05, 0) is 30.5 Å². The third-order valence-electron chi connectivity index (χ3n) is 2.72. The first kappa shape index (κ1) is 10.6. The lowest BCUT2D eigenvalue weighted by molar-refractivity contribution is 1.15. The van der Waals surface area contributed by atoms with Crippen LogP contribution in [0.15, 0.2) is 30.6 Å². The SMILES string of the molecule is CNc1ncc(-c2ccc(C)c(C)c2)cn1. The van der Waals surface area contributed by atoms with Gasteiger partial charge in [0.2, 0.25) is 5.95 Å². The van der Waals surface area contributed by atoms with Gasteiger partial charge in [-0.25, -0.2) is 9.97 Å². The van der Waals surface area contributed by atoms with Crippen LogP contribution in [-0.4, -0.2) is 17.0 Å². The van der Waals surface area contributed by atoms with E-state index >= 15 is 0 Å². The summed E-state index contributed by atoms with van der Waals surface area (Å²) in [6, 6.07) is 6.38. The molecule has 1 heterocycles. The van der Waals surface area contributed by atoms with Gasteiger partial charge in [-0.15, -0.1) is 0 Å². The zero-order valence-electron chi connectivity index (χ0n) is 9.78. The molecule has 0 unspecified atom stereocenters. The highest BCUT2D eigenvalue weighted by atomic mass is 15.1. The van der Waals surface area contributed by atoms with Crippen molar-refractivity contribution in [2.24, 2.45) is 0 Å². The number of aryl methyl sites for hydroxylation is 2. The minimum Gasteiger partial charge on any atom is -0.357 e. The molecule has 0 aliphatic carbocycles. The Balaban J connectivity index is 2.38. The summed E-state index contributed by atoms with van der Waals surface area (Å²) < 4.78 is 0. The molecule has 2 aromatic rings. The van der Waals surface area contributed by atoms with Crippen LogP contribution in [0, 0.1) is 13.8 Å². The van der Waals surface area contributed by atoms with Crippen LogP contribution < -0.4 is 5.32 Å². The maximum absolute atomic E-state index is 4.20. The van der Waals surface area contributed by atoms with Gasteiger partial charge in [-0.2, -0.15) is 0 Å². The van der Waals surface area contributed by atoms with Crippen LogP contribution in [-0.2, 0) is 0 Å². The fourth-order valence-electron chi connectivity index (χ4n) is 1.53. The molecule has 0 spiro atoms. The normalized spacial score (nSPS) is 10.2. The Kier molecular flexibility index (Phi) is 2.86. The summed E-state index contributed by atoms with van der Waals surface area (Å²) in [6.45, 7) is 4.22. The van der Waals surface area contributed by atoms with Crippen molar-refractivity contribution >= 4 is 5.95 Å². The minimum atomic E-state index is 0.646. The molecule has 0 saturated carbocycles. The molecular formula is C13H15N3. The van der Waals surface area contributed by atoms with Crippen molar-refractivity contribution < 1.29 is 0 Å². The standard InChI is InChI=1S/C13H15N3/c1-9-4-5-11(6-10(9)2)12-7-15-13(14-3)16-8-12/h4-8H,1-3H3,(H,14,15,16). The Morgan fingerprint density at radius 1 is 0.938 bits per heavy atom. The number of nitrogens with zero attached hydrogens (tertiary/aromatic N) is 2. The van der Waals surface area contributed by atoms with Gasteiger partial charge in [0.15, 0.2) is 0 Å². The van der Waals surface area contributed by atoms with Crippen molar-refractivity contribution in [3.8, 4) is 11.1 Å². The molecule has 0 aliphatic heterocycles. The van der Waals surface area contributed by atoms with Crippen LogP contribution in [0.25, 0.3) is 11.1 Å². The fourth-order valence-corrected chi connectivity index (χ4v) is 1.53. The first-order valence-electron chi connectivity index (χ1n) is 5.28. The lowest BCUT2D eigenvalue weighted by Crippen LogP contribution is -1.95. The van der Waals surface area contributed by atoms with E-state index < -0.39 is 0 Å². The molecule has 0 bridgehead atoms. The van der Waals surface area contributed by atoms with Gasteiger partial charge >= 0.3 is 0 Å². The monoisotopic (exact) mass is 213 g/mol. The molecule has 0 saturated heterocycles. The van der Waals surface area contributed by atoms with Crippen molar-refractivity contribution in [1.29, 1.82) is 0 Å². The first-order chi connectivity index (χ1) is 7.70. The van der Waals surface area contributed by atoms with Gasteiger partial charge in [0.05, 0.1) is 0 Å². The number of benzene rings is 1. The first-order valence-corrected chi connectivity index (χ1v) is 5.28. The van der Waals surface area contributed by atoms with Gasteiger partial charge < -0.3 is 5.32 Å².